The number of aromatic nitrogens is 2. The molecule has 5 heteroatoms. The van der Waals surface area contributed by atoms with E-state index < -0.39 is 0 Å². The lowest BCUT2D eigenvalue weighted by atomic mass is 10.1. The summed E-state index contributed by atoms with van der Waals surface area (Å²) in [6.45, 7) is 4.71. The Balaban J connectivity index is 1.62. The number of aromatic amines is 1. The van der Waals surface area contributed by atoms with E-state index in [0.29, 0.717) is 18.9 Å². The van der Waals surface area contributed by atoms with E-state index in [2.05, 4.69) is 29.1 Å². The number of nitrogens with zero attached hydrogens (tertiary/aromatic N) is 1. The second-order valence-electron chi connectivity index (χ2n) is 6.43. The molecule has 0 aliphatic heterocycles. The van der Waals surface area contributed by atoms with Crippen molar-refractivity contribution in [3.05, 3.63) is 59.4 Å². The first-order chi connectivity index (χ1) is 12.0. The maximum absolute atomic E-state index is 12.2. The van der Waals surface area contributed by atoms with Crippen LogP contribution in [0.4, 0.5) is 0 Å². The van der Waals surface area contributed by atoms with Gasteiger partial charge in [0.25, 0.3) is 0 Å². The molecule has 3 aromatic rings. The van der Waals surface area contributed by atoms with Gasteiger partial charge in [0, 0.05) is 12.5 Å². The molecule has 1 amide bonds. The summed E-state index contributed by atoms with van der Waals surface area (Å²) in [5, 5.41) is 2.97. The second kappa shape index (κ2) is 7.38. The van der Waals surface area contributed by atoms with Gasteiger partial charge in [0.05, 0.1) is 24.6 Å². The molecule has 0 atom stereocenters. The number of ether oxygens (including phenoxy) is 1. The summed E-state index contributed by atoms with van der Waals surface area (Å²) < 4.78 is 5.18. The molecule has 3 rings (SSSR count). The third-order valence-corrected chi connectivity index (χ3v) is 4.10. The van der Waals surface area contributed by atoms with Gasteiger partial charge in [-0.15, -0.1) is 0 Å². The molecule has 0 aliphatic rings. The van der Waals surface area contributed by atoms with Crippen LogP contribution in [0.25, 0.3) is 11.0 Å². The fourth-order valence-corrected chi connectivity index (χ4v) is 2.69. The molecule has 1 aromatic heterocycles. The number of H-pyrrole nitrogens is 1. The minimum absolute atomic E-state index is 0.0131. The van der Waals surface area contributed by atoms with E-state index in [1.165, 1.54) is 0 Å². The van der Waals surface area contributed by atoms with E-state index in [4.69, 9.17) is 4.74 Å². The number of carbonyl (C=O) groups excluding carboxylic acids is 1. The lowest BCUT2D eigenvalue weighted by Gasteiger charge is -2.07. The fourth-order valence-electron chi connectivity index (χ4n) is 2.69. The van der Waals surface area contributed by atoms with Gasteiger partial charge in [0.1, 0.15) is 11.6 Å². The molecule has 2 aromatic carbocycles. The minimum atomic E-state index is -0.0131. The Morgan fingerprint density at radius 1 is 1.20 bits per heavy atom. The highest BCUT2D eigenvalue weighted by Gasteiger charge is 2.08. The van der Waals surface area contributed by atoms with Crippen LogP contribution in [-0.2, 0) is 17.8 Å². The molecule has 2 N–H and O–H groups in total. The number of imidazole rings is 1. The number of nitrogens with one attached hydrogen (secondary N) is 2. The minimum Gasteiger partial charge on any atom is -0.497 e. The Morgan fingerprint density at radius 2 is 2.04 bits per heavy atom. The third-order valence-electron chi connectivity index (χ3n) is 4.10. The first kappa shape index (κ1) is 17.0. The first-order valence-electron chi connectivity index (χ1n) is 8.43. The Labute approximate surface area is 147 Å². The number of hydrogen-bond acceptors (Lipinski definition) is 3. The van der Waals surface area contributed by atoms with Gasteiger partial charge >= 0.3 is 0 Å². The molecule has 5 nitrogen and oxygen atoms in total. The largest absolute Gasteiger partial charge is 0.497 e. The number of methoxy groups -OCH3 is 1. The van der Waals surface area contributed by atoms with Crippen molar-refractivity contribution in [2.75, 3.05) is 7.11 Å². The van der Waals surface area contributed by atoms with Crippen LogP contribution in [0, 0.1) is 0 Å². The van der Waals surface area contributed by atoms with Crippen molar-refractivity contribution in [1.82, 2.24) is 15.3 Å². The lowest BCUT2D eigenvalue weighted by Crippen LogP contribution is -2.24. The topological polar surface area (TPSA) is 67.0 Å². The molecule has 0 saturated heterocycles. The summed E-state index contributed by atoms with van der Waals surface area (Å²) in [6, 6.07) is 13.6. The number of amides is 1. The molecule has 0 aliphatic carbocycles. The van der Waals surface area contributed by atoms with Crippen LogP contribution in [0.15, 0.2) is 42.5 Å². The van der Waals surface area contributed by atoms with Gasteiger partial charge in [0.2, 0.25) is 5.91 Å². The van der Waals surface area contributed by atoms with Gasteiger partial charge in [-0.1, -0.05) is 32.0 Å². The predicted molar refractivity (Wildman–Crippen MR) is 98.7 cm³/mol. The Bertz CT molecular complexity index is 884. The summed E-state index contributed by atoms with van der Waals surface area (Å²) in [4.78, 5) is 20.1. The summed E-state index contributed by atoms with van der Waals surface area (Å²) in [5.74, 6) is 2.09. The number of fused-ring (bicyclic) bond motifs is 1. The third kappa shape index (κ3) is 4.18. The van der Waals surface area contributed by atoms with Crippen LogP contribution >= 0.6 is 0 Å². The van der Waals surface area contributed by atoms with Crippen molar-refractivity contribution in [2.45, 2.75) is 32.7 Å². The predicted octanol–water partition coefficient (Wildman–Crippen LogP) is 3.55. The van der Waals surface area contributed by atoms with Crippen molar-refractivity contribution >= 4 is 16.9 Å². The number of carbonyl (C=O) groups is 1. The van der Waals surface area contributed by atoms with Crippen molar-refractivity contribution in [3.63, 3.8) is 0 Å². The zero-order chi connectivity index (χ0) is 17.8. The smallest absolute Gasteiger partial charge is 0.224 e. The summed E-state index contributed by atoms with van der Waals surface area (Å²) in [5.41, 5.74) is 3.94. The highest BCUT2D eigenvalue weighted by Crippen LogP contribution is 2.18. The van der Waals surface area contributed by atoms with E-state index in [1.807, 2.05) is 42.5 Å². The van der Waals surface area contributed by atoms with E-state index >= 15 is 0 Å². The van der Waals surface area contributed by atoms with Crippen LogP contribution in [0.2, 0.25) is 0 Å². The maximum atomic E-state index is 12.2. The normalized spacial score (nSPS) is 11.0. The Kier molecular flexibility index (Phi) is 5.03. The first-order valence-corrected chi connectivity index (χ1v) is 8.43. The van der Waals surface area contributed by atoms with Crippen LogP contribution < -0.4 is 10.1 Å². The molecule has 0 unspecified atom stereocenters. The Hall–Kier alpha value is -2.82. The van der Waals surface area contributed by atoms with Gasteiger partial charge in [-0.25, -0.2) is 4.98 Å². The van der Waals surface area contributed by atoms with Gasteiger partial charge < -0.3 is 15.0 Å². The molecule has 0 spiro atoms. The molecule has 0 bridgehead atoms. The molecule has 1 heterocycles. The zero-order valence-corrected chi connectivity index (χ0v) is 14.8. The lowest BCUT2D eigenvalue weighted by molar-refractivity contribution is -0.120. The molecule has 130 valence electrons. The summed E-state index contributed by atoms with van der Waals surface area (Å²) in [7, 11) is 1.62. The SMILES string of the molecule is COc1cccc(CC(=O)NCc2ccc3nc(C(C)C)[nH]c3c2)c1. The van der Waals surface area contributed by atoms with Crippen molar-refractivity contribution in [3.8, 4) is 5.75 Å². The molecular formula is C20H23N3O2. The molecule has 0 fully saturated rings. The molecule has 0 saturated carbocycles. The van der Waals surface area contributed by atoms with E-state index in [0.717, 1.165) is 33.7 Å². The van der Waals surface area contributed by atoms with Gasteiger partial charge in [0.15, 0.2) is 0 Å². The maximum Gasteiger partial charge on any atom is 0.224 e. The summed E-state index contributed by atoms with van der Waals surface area (Å²) in [6.07, 6.45) is 0.334. The van der Waals surface area contributed by atoms with E-state index in [1.54, 1.807) is 7.11 Å². The average molecular weight is 337 g/mol. The zero-order valence-electron chi connectivity index (χ0n) is 14.8. The monoisotopic (exact) mass is 337 g/mol. The fraction of sp³-hybridized carbons (Fsp3) is 0.300. The van der Waals surface area contributed by atoms with Crippen LogP contribution in [0.3, 0.4) is 0 Å². The highest BCUT2D eigenvalue weighted by molar-refractivity contribution is 5.79. The number of hydrogen-bond donors (Lipinski definition) is 2. The molecular weight excluding hydrogens is 314 g/mol. The van der Waals surface area contributed by atoms with Crippen molar-refractivity contribution in [1.29, 1.82) is 0 Å². The van der Waals surface area contributed by atoms with Gasteiger partial charge in [-0.05, 0) is 35.4 Å². The van der Waals surface area contributed by atoms with Crippen LogP contribution in [-0.4, -0.2) is 23.0 Å². The van der Waals surface area contributed by atoms with Gasteiger partial charge in [-0.2, -0.15) is 0 Å². The average Bonchev–Trinajstić information content (AvgIpc) is 3.04. The van der Waals surface area contributed by atoms with Crippen molar-refractivity contribution in [2.24, 2.45) is 0 Å². The highest BCUT2D eigenvalue weighted by atomic mass is 16.5. The summed E-state index contributed by atoms with van der Waals surface area (Å²) >= 11 is 0. The number of benzene rings is 2. The quantitative estimate of drug-likeness (QED) is 0.723. The van der Waals surface area contributed by atoms with Crippen LogP contribution in [0.1, 0.15) is 36.7 Å². The standard InChI is InChI=1S/C20H23N3O2/c1-13(2)20-22-17-8-7-15(10-18(17)23-20)12-21-19(24)11-14-5-4-6-16(9-14)25-3/h4-10,13H,11-12H2,1-3H3,(H,21,24)(H,22,23). The van der Waals surface area contributed by atoms with Gasteiger partial charge in [-0.3, -0.25) is 4.79 Å². The van der Waals surface area contributed by atoms with Crippen molar-refractivity contribution < 1.29 is 9.53 Å². The van der Waals surface area contributed by atoms with E-state index in [9.17, 15) is 4.79 Å². The Morgan fingerprint density at radius 3 is 2.80 bits per heavy atom. The number of rotatable bonds is 6. The molecule has 25 heavy (non-hydrogen) atoms. The second-order valence-corrected chi connectivity index (χ2v) is 6.43. The van der Waals surface area contributed by atoms with Crippen LogP contribution in [0.5, 0.6) is 5.75 Å². The van der Waals surface area contributed by atoms with E-state index in [-0.39, 0.29) is 5.91 Å². The molecule has 0 radical (unpaired) electrons.